The minimum absolute atomic E-state index is 0.137. The summed E-state index contributed by atoms with van der Waals surface area (Å²) in [5.41, 5.74) is 0.359. The summed E-state index contributed by atoms with van der Waals surface area (Å²) < 4.78 is 5.20. The lowest BCUT2D eigenvalue weighted by Crippen LogP contribution is -2.40. The van der Waals surface area contributed by atoms with Crippen molar-refractivity contribution in [1.29, 1.82) is 0 Å². The molecule has 1 aromatic carbocycles. The maximum atomic E-state index is 12.9. The number of carbonyl (C=O) groups excluding carboxylic acids is 2. The molecule has 0 N–H and O–H groups in total. The van der Waals surface area contributed by atoms with Crippen molar-refractivity contribution in [2.24, 2.45) is 5.41 Å². The Hall–Kier alpha value is -1.90. The first kappa shape index (κ1) is 14.5. The highest BCUT2D eigenvalue weighted by atomic mass is 16.5. The molecule has 20 heavy (non-hydrogen) atoms. The van der Waals surface area contributed by atoms with Crippen molar-refractivity contribution in [2.45, 2.75) is 33.1 Å². The Morgan fingerprint density at radius 1 is 1.30 bits per heavy atom. The Bertz CT molecular complexity index is 530. The van der Waals surface area contributed by atoms with E-state index in [1.807, 2.05) is 31.2 Å². The molecule has 1 aliphatic rings. The molecule has 1 saturated carbocycles. The Balaban J connectivity index is 2.48. The molecule has 1 unspecified atom stereocenters. The third-order valence-corrected chi connectivity index (χ3v) is 3.94. The van der Waals surface area contributed by atoms with Gasteiger partial charge in [-0.05, 0) is 38.7 Å². The van der Waals surface area contributed by atoms with E-state index in [2.05, 4.69) is 0 Å². The highest BCUT2D eigenvalue weighted by Gasteiger charge is 2.52. The highest BCUT2D eigenvalue weighted by Crippen LogP contribution is 2.46. The van der Waals surface area contributed by atoms with Crippen LogP contribution in [0.3, 0.4) is 0 Å². The number of ether oxygens (including phenoxy) is 1. The second-order valence-electron chi connectivity index (χ2n) is 4.99. The first-order valence-corrected chi connectivity index (χ1v) is 7.09. The van der Waals surface area contributed by atoms with E-state index < -0.39 is 11.4 Å². The number of carbonyl (C=O) groups is 2. The van der Waals surface area contributed by atoms with E-state index in [9.17, 15) is 9.59 Å². The topological polar surface area (TPSA) is 43.4 Å². The zero-order chi connectivity index (χ0) is 14.6. The summed E-state index contributed by atoms with van der Waals surface area (Å²) in [4.78, 5) is 25.4. The fraction of sp³-hybridized carbons (Fsp3) is 0.412. The quantitative estimate of drug-likeness (QED) is 0.364. The molecule has 1 atom stereocenters. The van der Waals surface area contributed by atoms with Gasteiger partial charge in [0.2, 0.25) is 0 Å². The Morgan fingerprint density at radius 2 is 2.00 bits per heavy atom. The largest absolute Gasteiger partial charge is 0.465 e. The third kappa shape index (κ3) is 2.28. The van der Waals surface area contributed by atoms with Gasteiger partial charge >= 0.3 is 5.97 Å². The van der Waals surface area contributed by atoms with Crippen LogP contribution in [0.5, 0.6) is 0 Å². The SMILES string of the molecule is C/C=C1\CCCC1(C(=O)OCC)C(=O)c1ccccc1. The number of rotatable bonds is 4. The Morgan fingerprint density at radius 3 is 2.60 bits per heavy atom. The average Bonchev–Trinajstić information content (AvgIpc) is 2.92. The molecule has 0 spiro atoms. The van der Waals surface area contributed by atoms with E-state index in [0.717, 1.165) is 18.4 Å². The van der Waals surface area contributed by atoms with Gasteiger partial charge in [-0.2, -0.15) is 0 Å². The molecular formula is C17H20O3. The van der Waals surface area contributed by atoms with Gasteiger partial charge in [0.25, 0.3) is 0 Å². The van der Waals surface area contributed by atoms with Crippen LogP contribution in [0.2, 0.25) is 0 Å². The fourth-order valence-electron chi connectivity index (χ4n) is 2.98. The van der Waals surface area contributed by atoms with Crippen LogP contribution in [0, 0.1) is 5.41 Å². The molecule has 106 valence electrons. The summed E-state index contributed by atoms with van der Waals surface area (Å²) in [7, 11) is 0. The first-order chi connectivity index (χ1) is 9.66. The van der Waals surface area contributed by atoms with Crippen molar-refractivity contribution in [3.63, 3.8) is 0 Å². The second kappa shape index (κ2) is 6.04. The van der Waals surface area contributed by atoms with Crippen LogP contribution in [0.4, 0.5) is 0 Å². The minimum atomic E-state index is -1.11. The van der Waals surface area contributed by atoms with E-state index >= 15 is 0 Å². The molecular weight excluding hydrogens is 252 g/mol. The monoisotopic (exact) mass is 272 g/mol. The summed E-state index contributed by atoms with van der Waals surface area (Å²) in [5, 5.41) is 0. The van der Waals surface area contributed by atoms with Crippen LogP contribution < -0.4 is 0 Å². The molecule has 1 fully saturated rings. The highest BCUT2D eigenvalue weighted by molar-refractivity contribution is 6.15. The molecule has 3 heteroatoms. The summed E-state index contributed by atoms with van der Waals surface area (Å²) in [6.07, 6.45) is 4.06. The first-order valence-electron chi connectivity index (χ1n) is 7.09. The summed E-state index contributed by atoms with van der Waals surface area (Å²) >= 11 is 0. The van der Waals surface area contributed by atoms with Crippen molar-refractivity contribution in [3.8, 4) is 0 Å². The van der Waals surface area contributed by atoms with E-state index in [4.69, 9.17) is 4.74 Å². The molecule has 2 rings (SSSR count). The van der Waals surface area contributed by atoms with Gasteiger partial charge in [-0.1, -0.05) is 36.4 Å². The zero-order valence-corrected chi connectivity index (χ0v) is 12.0. The zero-order valence-electron chi connectivity index (χ0n) is 12.0. The lowest BCUT2D eigenvalue weighted by Gasteiger charge is -2.27. The van der Waals surface area contributed by atoms with Crippen LogP contribution in [-0.4, -0.2) is 18.4 Å². The molecule has 3 nitrogen and oxygen atoms in total. The minimum Gasteiger partial charge on any atom is -0.465 e. The molecule has 0 bridgehead atoms. The van der Waals surface area contributed by atoms with Gasteiger partial charge in [-0.15, -0.1) is 0 Å². The van der Waals surface area contributed by atoms with E-state index in [1.165, 1.54) is 0 Å². The molecule has 0 amide bonds. The maximum absolute atomic E-state index is 12.9. The smallest absolute Gasteiger partial charge is 0.324 e. The van der Waals surface area contributed by atoms with Crippen molar-refractivity contribution < 1.29 is 14.3 Å². The van der Waals surface area contributed by atoms with Crippen molar-refractivity contribution in [2.75, 3.05) is 6.61 Å². The Labute approximate surface area is 119 Å². The van der Waals surface area contributed by atoms with Gasteiger partial charge in [0.05, 0.1) is 6.61 Å². The van der Waals surface area contributed by atoms with Gasteiger partial charge in [0.1, 0.15) is 0 Å². The van der Waals surface area contributed by atoms with Crippen LogP contribution >= 0.6 is 0 Å². The Kier molecular flexibility index (Phi) is 4.38. The number of ketones is 1. The van der Waals surface area contributed by atoms with Gasteiger partial charge in [0.15, 0.2) is 11.2 Å². The van der Waals surface area contributed by atoms with Crippen LogP contribution in [-0.2, 0) is 9.53 Å². The van der Waals surface area contributed by atoms with Crippen molar-refractivity contribution in [1.82, 2.24) is 0 Å². The molecule has 1 aromatic rings. The van der Waals surface area contributed by atoms with Gasteiger partial charge in [0, 0.05) is 5.56 Å². The molecule has 0 aliphatic heterocycles. The standard InChI is InChI=1S/C17H20O3/c1-3-14-11-8-12-17(14,16(19)20-4-2)15(18)13-9-6-5-7-10-13/h3,5-7,9-10H,4,8,11-12H2,1-2H3/b14-3+. The van der Waals surface area contributed by atoms with Crippen LogP contribution in [0.1, 0.15) is 43.5 Å². The normalized spacial score (nSPS) is 23.8. The lowest BCUT2D eigenvalue weighted by atomic mass is 9.75. The van der Waals surface area contributed by atoms with E-state index in [0.29, 0.717) is 18.6 Å². The maximum Gasteiger partial charge on any atom is 0.324 e. The second-order valence-corrected chi connectivity index (χ2v) is 4.99. The van der Waals surface area contributed by atoms with Crippen molar-refractivity contribution >= 4 is 11.8 Å². The number of benzene rings is 1. The molecule has 0 radical (unpaired) electrons. The number of allylic oxidation sites excluding steroid dienone is 1. The lowest BCUT2D eigenvalue weighted by molar-refractivity contribution is -0.150. The van der Waals surface area contributed by atoms with Crippen molar-refractivity contribution in [3.05, 3.63) is 47.5 Å². The van der Waals surface area contributed by atoms with E-state index in [-0.39, 0.29) is 5.78 Å². The molecule has 0 heterocycles. The fourth-order valence-corrected chi connectivity index (χ4v) is 2.98. The summed E-state index contributed by atoms with van der Waals surface area (Å²) in [6, 6.07) is 9.01. The van der Waals surface area contributed by atoms with Crippen LogP contribution in [0.15, 0.2) is 42.0 Å². The number of esters is 1. The average molecular weight is 272 g/mol. The van der Waals surface area contributed by atoms with E-state index in [1.54, 1.807) is 19.1 Å². The van der Waals surface area contributed by atoms with Gasteiger partial charge in [-0.3, -0.25) is 9.59 Å². The third-order valence-electron chi connectivity index (χ3n) is 3.94. The van der Waals surface area contributed by atoms with Gasteiger partial charge < -0.3 is 4.74 Å². The van der Waals surface area contributed by atoms with Crippen LogP contribution in [0.25, 0.3) is 0 Å². The predicted molar refractivity (Wildman–Crippen MR) is 77.4 cm³/mol. The van der Waals surface area contributed by atoms with Gasteiger partial charge in [-0.25, -0.2) is 0 Å². The molecule has 0 aromatic heterocycles. The number of hydrogen-bond donors (Lipinski definition) is 0. The predicted octanol–water partition coefficient (Wildman–Crippen LogP) is 3.55. The number of Topliss-reactive ketones (excluding diaryl/α,β-unsaturated/α-hetero) is 1. The number of hydrogen-bond acceptors (Lipinski definition) is 3. The summed E-state index contributed by atoms with van der Waals surface area (Å²) in [5.74, 6) is -0.540. The molecule has 0 saturated heterocycles. The summed E-state index contributed by atoms with van der Waals surface area (Å²) in [6.45, 7) is 3.94. The molecule has 1 aliphatic carbocycles.